The third-order valence-electron chi connectivity index (χ3n) is 2.33. The molecule has 8 heteroatoms. The van der Waals surface area contributed by atoms with Crippen molar-refractivity contribution in [3.8, 4) is 11.6 Å². The molecule has 0 amide bonds. The van der Waals surface area contributed by atoms with Crippen LogP contribution in [0.1, 0.15) is 11.4 Å². The first-order valence-electron chi connectivity index (χ1n) is 5.41. The van der Waals surface area contributed by atoms with E-state index in [1.165, 1.54) is 12.1 Å². The summed E-state index contributed by atoms with van der Waals surface area (Å²) in [5.41, 5.74) is 5.69. The number of benzene rings is 1. The first kappa shape index (κ1) is 14.0. The van der Waals surface area contributed by atoms with Crippen LogP contribution in [0.25, 0.3) is 0 Å². The van der Waals surface area contributed by atoms with Gasteiger partial charge >= 0.3 is 6.18 Å². The van der Waals surface area contributed by atoms with Gasteiger partial charge in [-0.05, 0) is 30.7 Å². The van der Waals surface area contributed by atoms with Crippen molar-refractivity contribution in [1.29, 1.82) is 0 Å². The van der Waals surface area contributed by atoms with Crippen LogP contribution in [0.3, 0.4) is 0 Å². The van der Waals surface area contributed by atoms with Crippen molar-refractivity contribution in [1.82, 2.24) is 9.97 Å². The van der Waals surface area contributed by atoms with Crippen molar-refractivity contribution in [2.45, 2.75) is 13.1 Å². The first-order chi connectivity index (χ1) is 9.25. The van der Waals surface area contributed by atoms with Gasteiger partial charge in [0.15, 0.2) is 0 Å². The Balaban J connectivity index is 2.36. The van der Waals surface area contributed by atoms with E-state index in [0.717, 1.165) is 12.1 Å². The van der Waals surface area contributed by atoms with Crippen LogP contribution in [0.2, 0.25) is 0 Å². The second kappa shape index (κ2) is 4.95. The molecule has 106 valence electrons. The summed E-state index contributed by atoms with van der Waals surface area (Å²) in [5.74, 6) is -2.43. The summed E-state index contributed by atoms with van der Waals surface area (Å²) >= 11 is 0. The van der Waals surface area contributed by atoms with Crippen LogP contribution < -0.4 is 10.5 Å². The topological polar surface area (TPSA) is 61.0 Å². The van der Waals surface area contributed by atoms with E-state index in [1.54, 1.807) is 6.92 Å². The summed E-state index contributed by atoms with van der Waals surface area (Å²) in [6.45, 7) is 1.55. The second-order valence-electron chi connectivity index (χ2n) is 3.96. The zero-order valence-corrected chi connectivity index (χ0v) is 10.2. The molecule has 1 aromatic heterocycles. The molecular formula is C12H9F4N3O. The van der Waals surface area contributed by atoms with Gasteiger partial charge in [-0.15, -0.1) is 0 Å². The Labute approximate surface area is 111 Å². The lowest BCUT2D eigenvalue weighted by Crippen LogP contribution is -2.12. The highest BCUT2D eigenvalue weighted by Crippen LogP contribution is 2.30. The van der Waals surface area contributed by atoms with Gasteiger partial charge in [0, 0.05) is 6.07 Å². The van der Waals surface area contributed by atoms with E-state index in [9.17, 15) is 17.6 Å². The molecule has 20 heavy (non-hydrogen) atoms. The molecule has 2 aromatic rings. The predicted molar refractivity (Wildman–Crippen MR) is 62.7 cm³/mol. The third-order valence-corrected chi connectivity index (χ3v) is 2.33. The highest BCUT2D eigenvalue weighted by molar-refractivity contribution is 5.39. The molecule has 2 rings (SSSR count). The molecule has 0 saturated heterocycles. The Hall–Kier alpha value is -2.38. The average Bonchev–Trinajstić information content (AvgIpc) is 2.31. The number of aryl methyl sites for hydroxylation is 1. The number of nitrogens with zero attached hydrogens (tertiary/aromatic N) is 2. The quantitative estimate of drug-likeness (QED) is 0.861. The molecular weight excluding hydrogens is 278 g/mol. The van der Waals surface area contributed by atoms with Gasteiger partial charge in [0.1, 0.15) is 17.4 Å². The Morgan fingerprint density at radius 3 is 2.45 bits per heavy atom. The molecule has 1 heterocycles. The Morgan fingerprint density at radius 2 is 1.85 bits per heavy atom. The van der Waals surface area contributed by atoms with E-state index < -0.39 is 17.8 Å². The first-order valence-corrected chi connectivity index (χ1v) is 5.41. The van der Waals surface area contributed by atoms with E-state index in [1.807, 2.05) is 0 Å². The van der Waals surface area contributed by atoms with Crippen molar-refractivity contribution >= 4 is 5.82 Å². The number of rotatable bonds is 2. The van der Waals surface area contributed by atoms with Crippen molar-refractivity contribution in [2.24, 2.45) is 0 Å². The highest BCUT2D eigenvalue weighted by atomic mass is 19.4. The molecule has 0 bridgehead atoms. The average molecular weight is 287 g/mol. The summed E-state index contributed by atoms with van der Waals surface area (Å²) in [6, 6.07) is 4.65. The van der Waals surface area contributed by atoms with Crippen LogP contribution in [-0.2, 0) is 6.18 Å². The molecule has 0 spiro atoms. The second-order valence-corrected chi connectivity index (χ2v) is 3.96. The summed E-state index contributed by atoms with van der Waals surface area (Å²) < 4.78 is 55.7. The molecule has 0 saturated carbocycles. The lowest BCUT2D eigenvalue weighted by atomic mass is 10.2. The van der Waals surface area contributed by atoms with Crippen molar-refractivity contribution in [3.63, 3.8) is 0 Å². The molecule has 1 aromatic carbocycles. The van der Waals surface area contributed by atoms with Gasteiger partial charge < -0.3 is 10.5 Å². The summed E-state index contributed by atoms with van der Waals surface area (Å²) in [6.07, 6.45) is -4.73. The maximum absolute atomic E-state index is 12.9. The smallest absolute Gasteiger partial charge is 0.439 e. The molecule has 4 nitrogen and oxygen atoms in total. The van der Waals surface area contributed by atoms with Crippen LogP contribution in [0, 0.1) is 12.7 Å². The van der Waals surface area contributed by atoms with Gasteiger partial charge in [-0.25, -0.2) is 9.37 Å². The fourth-order valence-electron chi connectivity index (χ4n) is 1.46. The lowest BCUT2D eigenvalue weighted by molar-refractivity contribution is -0.145. The maximum atomic E-state index is 12.9. The molecule has 2 N–H and O–H groups in total. The summed E-state index contributed by atoms with van der Waals surface area (Å²) in [5, 5.41) is 0. The fraction of sp³-hybridized carbons (Fsp3) is 0.167. The van der Waals surface area contributed by atoms with Crippen LogP contribution >= 0.6 is 0 Å². The van der Waals surface area contributed by atoms with E-state index in [-0.39, 0.29) is 17.4 Å². The van der Waals surface area contributed by atoms with E-state index >= 15 is 0 Å². The van der Waals surface area contributed by atoms with Gasteiger partial charge in [0.05, 0.1) is 0 Å². The van der Waals surface area contributed by atoms with Crippen LogP contribution in [0.5, 0.6) is 11.6 Å². The molecule has 0 atom stereocenters. The Morgan fingerprint density at radius 1 is 1.15 bits per heavy atom. The summed E-state index contributed by atoms with van der Waals surface area (Å²) in [4.78, 5) is 6.32. The van der Waals surface area contributed by atoms with Crippen molar-refractivity contribution < 1.29 is 22.3 Å². The minimum absolute atomic E-state index is 0.178. The molecule has 0 unspecified atom stereocenters. The number of aromatic nitrogens is 2. The number of ether oxygens (including phenoxy) is 1. The lowest BCUT2D eigenvalue weighted by Gasteiger charge is -2.10. The molecule has 0 aliphatic heterocycles. The number of nitrogens with two attached hydrogens (primary N) is 1. The minimum Gasteiger partial charge on any atom is -0.439 e. The van der Waals surface area contributed by atoms with Crippen molar-refractivity contribution in [2.75, 3.05) is 5.73 Å². The van der Waals surface area contributed by atoms with E-state index in [2.05, 4.69) is 9.97 Å². The van der Waals surface area contributed by atoms with Gasteiger partial charge in [-0.2, -0.15) is 18.2 Å². The van der Waals surface area contributed by atoms with E-state index in [0.29, 0.717) is 5.56 Å². The van der Waals surface area contributed by atoms with Crippen LogP contribution in [0.15, 0.2) is 24.3 Å². The normalized spacial score (nSPS) is 11.4. The largest absolute Gasteiger partial charge is 0.451 e. The minimum atomic E-state index is -4.73. The Bertz CT molecular complexity index is 643. The zero-order chi connectivity index (χ0) is 14.9. The van der Waals surface area contributed by atoms with Crippen LogP contribution in [-0.4, -0.2) is 9.97 Å². The van der Waals surface area contributed by atoms with Gasteiger partial charge in [-0.3, -0.25) is 0 Å². The van der Waals surface area contributed by atoms with Gasteiger partial charge in [-0.1, -0.05) is 0 Å². The van der Waals surface area contributed by atoms with Gasteiger partial charge in [0.2, 0.25) is 11.7 Å². The van der Waals surface area contributed by atoms with Crippen molar-refractivity contribution in [3.05, 3.63) is 41.5 Å². The predicted octanol–water partition coefficient (Wildman–Crippen LogP) is 3.32. The number of halogens is 4. The SMILES string of the molecule is Cc1cc(F)ccc1Oc1cc(N)nc(C(F)(F)F)n1. The monoisotopic (exact) mass is 287 g/mol. The molecule has 0 radical (unpaired) electrons. The number of hydrogen-bond acceptors (Lipinski definition) is 4. The summed E-state index contributed by atoms with van der Waals surface area (Å²) in [7, 11) is 0. The Kier molecular flexibility index (Phi) is 3.47. The van der Waals surface area contributed by atoms with E-state index in [4.69, 9.17) is 10.5 Å². The van der Waals surface area contributed by atoms with Gasteiger partial charge in [0.25, 0.3) is 0 Å². The third kappa shape index (κ3) is 3.14. The molecule has 0 aliphatic carbocycles. The molecule has 0 aliphatic rings. The van der Waals surface area contributed by atoms with Crippen LogP contribution in [0.4, 0.5) is 23.4 Å². The number of anilines is 1. The number of alkyl halides is 3. The standard InChI is InChI=1S/C12H9F4N3O/c1-6-4-7(13)2-3-8(6)20-10-5-9(17)18-11(19-10)12(14,15)16/h2-5H,1H3,(H2,17,18,19). The number of nitrogen functional groups attached to an aromatic ring is 1. The molecule has 0 fully saturated rings. The maximum Gasteiger partial charge on any atom is 0.451 e. The highest BCUT2D eigenvalue weighted by Gasteiger charge is 2.35. The number of hydrogen-bond donors (Lipinski definition) is 1. The fourth-order valence-corrected chi connectivity index (χ4v) is 1.46. The zero-order valence-electron chi connectivity index (χ0n) is 10.2.